The molecular weight excluding hydrogens is 468 g/mol. The minimum Gasteiger partial charge on any atom is -0.463 e. The first kappa shape index (κ1) is 34.8. The Morgan fingerprint density at radius 1 is 0.622 bits per heavy atom. The average Bonchev–Trinajstić information content (AvgIpc) is 2.90. The van der Waals surface area contributed by atoms with Crippen molar-refractivity contribution in [1.29, 1.82) is 0 Å². The Hall–Kier alpha value is -2.18. The molecule has 0 aromatic carbocycles. The molecule has 1 atom stereocenters. The number of esters is 2. The summed E-state index contributed by atoms with van der Waals surface area (Å²) < 4.78 is 10.1. The van der Waals surface area contributed by atoms with E-state index in [4.69, 9.17) is 14.6 Å². The number of carbonyl (C=O) groups excluding carboxylic acids is 2. The smallest absolute Gasteiger partial charge is 0.305 e. The van der Waals surface area contributed by atoms with Gasteiger partial charge in [0.15, 0.2) is 0 Å². The summed E-state index contributed by atoms with van der Waals surface area (Å²) in [6, 6.07) is 0. The van der Waals surface area contributed by atoms with Crippen LogP contribution in [0, 0.1) is 0 Å². The van der Waals surface area contributed by atoms with Gasteiger partial charge in [0.2, 0.25) is 0 Å². The molecule has 212 valence electrons. The molecule has 2 N–H and O–H groups in total. The van der Waals surface area contributed by atoms with Crippen LogP contribution in [0.25, 0.3) is 0 Å². The first-order valence-electron chi connectivity index (χ1n) is 14.3. The van der Waals surface area contributed by atoms with E-state index in [1.807, 2.05) is 0 Å². The lowest BCUT2D eigenvalue weighted by Gasteiger charge is -2.12. The molecule has 0 saturated heterocycles. The summed E-state index contributed by atoms with van der Waals surface area (Å²) in [6.45, 7) is 2.14. The number of ether oxygens (including phenoxy) is 2. The third-order valence-electron chi connectivity index (χ3n) is 5.62. The van der Waals surface area contributed by atoms with Crippen LogP contribution in [-0.2, 0) is 19.1 Å². The number of rotatable bonds is 25. The van der Waals surface area contributed by atoms with E-state index in [1.165, 1.54) is 6.42 Å². The Morgan fingerprint density at radius 3 is 1.62 bits per heavy atom. The highest BCUT2D eigenvalue weighted by Gasteiger charge is 2.11. The predicted octanol–water partition coefficient (Wildman–Crippen LogP) is 6.91. The number of hydrogen-bond acceptors (Lipinski definition) is 6. The number of unbranched alkanes of at least 4 members (excludes halogenated alkanes) is 8. The van der Waals surface area contributed by atoms with Crippen molar-refractivity contribution in [2.45, 2.75) is 116 Å². The van der Waals surface area contributed by atoms with E-state index >= 15 is 0 Å². The number of allylic oxidation sites excluding steroid dienone is 8. The van der Waals surface area contributed by atoms with Crippen LogP contribution in [0.15, 0.2) is 48.6 Å². The van der Waals surface area contributed by atoms with Gasteiger partial charge < -0.3 is 19.7 Å². The molecule has 0 heterocycles. The minimum atomic E-state index is -0.987. The molecule has 0 aliphatic heterocycles. The largest absolute Gasteiger partial charge is 0.463 e. The summed E-state index contributed by atoms with van der Waals surface area (Å²) in [6.07, 6.45) is 30.6. The molecule has 6 nitrogen and oxygen atoms in total. The topological polar surface area (TPSA) is 93.1 Å². The summed E-state index contributed by atoms with van der Waals surface area (Å²) >= 11 is 0. The molecule has 0 amide bonds. The second-order valence-corrected chi connectivity index (χ2v) is 9.24. The fraction of sp³-hybridized carbons (Fsp3) is 0.677. The van der Waals surface area contributed by atoms with E-state index in [1.54, 1.807) is 0 Å². The first-order chi connectivity index (χ1) is 18.1. The molecule has 6 heteroatoms. The molecule has 0 aliphatic rings. The zero-order valence-corrected chi connectivity index (χ0v) is 23.2. The standard InChI is InChI=1S/C31H52O6/c1-2-3-4-18-21-24-30(34)36-27-29(33)28-37-31(35)25-22-19-16-14-12-10-8-6-5-7-9-11-13-15-17-20-23-26-32/h5,7-8,10-11,13-14,16,29,32-33H,2-4,6,9,12,15,17-28H2,1H3/b7-5-,10-8-,13-11-,16-14-/t29-/m0/s1. The Bertz CT molecular complexity index is 650. The van der Waals surface area contributed by atoms with Gasteiger partial charge in [0.25, 0.3) is 0 Å². The number of hydrogen-bond donors (Lipinski definition) is 2. The van der Waals surface area contributed by atoms with Gasteiger partial charge in [0, 0.05) is 19.4 Å². The molecule has 0 spiro atoms. The molecule has 0 fully saturated rings. The molecule has 0 aromatic rings. The summed E-state index contributed by atoms with van der Waals surface area (Å²) in [5, 5.41) is 18.6. The molecule has 0 aromatic heterocycles. The molecule has 0 bridgehead atoms. The van der Waals surface area contributed by atoms with Crippen molar-refractivity contribution in [2.24, 2.45) is 0 Å². The van der Waals surface area contributed by atoms with Gasteiger partial charge in [-0.1, -0.05) is 87.6 Å². The Labute approximate surface area is 225 Å². The minimum absolute atomic E-state index is 0.142. The van der Waals surface area contributed by atoms with Gasteiger partial charge in [0.1, 0.15) is 19.3 Å². The van der Waals surface area contributed by atoms with Crippen LogP contribution >= 0.6 is 0 Å². The highest BCUT2D eigenvalue weighted by molar-refractivity contribution is 5.69. The average molecular weight is 521 g/mol. The van der Waals surface area contributed by atoms with Gasteiger partial charge in [-0.15, -0.1) is 0 Å². The maximum Gasteiger partial charge on any atom is 0.305 e. The van der Waals surface area contributed by atoms with Crippen molar-refractivity contribution >= 4 is 11.9 Å². The number of carbonyl (C=O) groups is 2. The summed E-state index contributed by atoms with van der Waals surface area (Å²) in [5.41, 5.74) is 0. The van der Waals surface area contributed by atoms with E-state index in [-0.39, 0.29) is 25.2 Å². The Balaban J connectivity index is 3.60. The maximum atomic E-state index is 11.8. The normalized spacial score (nSPS) is 12.8. The van der Waals surface area contributed by atoms with Crippen molar-refractivity contribution in [1.82, 2.24) is 0 Å². The van der Waals surface area contributed by atoms with Crippen LogP contribution in [0.5, 0.6) is 0 Å². The lowest BCUT2D eigenvalue weighted by molar-refractivity contribution is -0.152. The fourth-order valence-corrected chi connectivity index (χ4v) is 3.41. The third-order valence-corrected chi connectivity index (χ3v) is 5.62. The third kappa shape index (κ3) is 28.2. The predicted molar refractivity (Wildman–Crippen MR) is 151 cm³/mol. The maximum absolute atomic E-state index is 11.8. The molecule has 0 saturated carbocycles. The summed E-state index contributed by atoms with van der Waals surface area (Å²) in [4.78, 5) is 23.4. The Kier molecular flexibility index (Phi) is 26.7. The first-order valence-corrected chi connectivity index (χ1v) is 14.3. The molecule has 0 unspecified atom stereocenters. The van der Waals surface area contributed by atoms with Crippen LogP contribution in [-0.4, -0.2) is 48.1 Å². The van der Waals surface area contributed by atoms with Crippen molar-refractivity contribution in [3.63, 3.8) is 0 Å². The van der Waals surface area contributed by atoms with Crippen LogP contribution in [0.2, 0.25) is 0 Å². The second kappa shape index (κ2) is 28.4. The highest BCUT2D eigenvalue weighted by atomic mass is 16.6. The van der Waals surface area contributed by atoms with Gasteiger partial charge in [-0.25, -0.2) is 0 Å². The zero-order chi connectivity index (χ0) is 27.2. The quantitative estimate of drug-likeness (QED) is 0.0771. The van der Waals surface area contributed by atoms with E-state index in [0.29, 0.717) is 25.9 Å². The van der Waals surface area contributed by atoms with Crippen molar-refractivity contribution in [2.75, 3.05) is 19.8 Å². The van der Waals surface area contributed by atoms with E-state index in [2.05, 4.69) is 55.5 Å². The summed E-state index contributed by atoms with van der Waals surface area (Å²) in [5.74, 6) is -0.664. The second-order valence-electron chi connectivity index (χ2n) is 9.24. The molecule has 37 heavy (non-hydrogen) atoms. The van der Waals surface area contributed by atoms with Crippen LogP contribution in [0.1, 0.15) is 110 Å². The Morgan fingerprint density at radius 2 is 1.08 bits per heavy atom. The SMILES string of the molecule is CCCCCCCC(=O)OC[C@H](O)COC(=O)CCC/C=C\C/C=C\C/C=C\C/C=C\CCCCCO. The van der Waals surface area contributed by atoms with Gasteiger partial charge in [-0.3, -0.25) is 9.59 Å². The number of aliphatic hydroxyl groups is 2. The molecular formula is C31H52O6. The zero-order valence-electron chi connectivity index (χ0n) is 23.2. The van der Waals surface area contributed by atoms with Gasteiger partial charge in [-0.2, -0.15) is 0 Å². The molecule has 0 radical (unpaired) electrons. The van der Waals surface area contributed by atoms with Crippen molar-refractivity contribution in [3.8, 4) is 0 Å². The van der Waals surface area contributed by atoms with Crippen molar-refractivity contribution in [3.05, 3.63) is 48.6 Å². The van der Waals surface area contributed by atoms with E-state index in [9.17, 15) is 14.7 Å². The van der Waals surface area contributed by atoms with Gasteiger partial charge >= 0.3 is 11.9 Å². The lowest BCUT2D eigenvalue weighted by Crippen LogP contribution is -2.25. The van der Waals surface area contributed by atoms with Gasteiger partial charge in [0.05, 0.1) is 0 Å². The summed E-state index contributed by atoms with van der Waals surface area (Å²) in [7, 11) is 0. The van der Waals surface area contributed by atoms with Crippen LogP contribution in [0.3, 0.4) is 0 Å². The lowest BCUT2D eigenvalue weighted by atomic mass is 10.1. The van der Waals surface area contributed by atoms with Crippen molar-refractivity contribution < 1.29 is 29.3 Å². The monoisotopic (exact) mass is 520 g/mol. The molecule has 0 rings (SSSR count). The fourth-order valence-electron chi connectivity index (χ4n) is 3.41. The van der Waals surface area contributed by atoms with Crippen LogP contribution < -0.4 is 0 Å². The highest BCUT2D eigenvalue weighted by Crippen LogP contribution is 2.06. The van der Waals surface area contributed by atoms with Gasteiger partial charge in [-0.05, 0) is 57.8 Å². The van der Waals surface area contributed by atoms with Crippen LogP contribution in [0.4, 0.5) is 0 Å². The van der Waals surface area contributed by atoms with E-state index in [0.717, 1.165) is 77.0 Å². The molecule has 0 aliphatic carbocycles. The van der Waals surface area contributed by atoms with E-state index < -0.39 is 6.10 Å². The number of aliphatic hydroxyl groups excluding tert-OH is 2.